The summed E-state index contributed by atoms with van der Waals surface area (Å²) in [7, 11) is 0. The van der Waals surface area contributed by atoms with Crippen LogP contribution in [-0.2, 0) is 0 Å². The Morgan fingerprint density at radius 1 is 1.09 bits per heavy atom. The summed E-state index contributed by atoms with van der Waals surface area (Å²) in [6, 6.07) is 10.1. The van der Waals surface area contributed by atoms with Gasteiger partial charge in [0.2, 0.25) is 0 Å². The van der Waals surface area contributed by atoms with Gasteiger partial charge in [-0.25, -0.2) is 9.18 Å². The van der Waals surface area contributed by atoms with E-state index < -0.39 is 6.03 Å². The summed E-state index contributed by atoms with van der Waals surface area (Å²) in [5.41, 5.74) is 3.22. The number of urea groups is 1. The molecular formula is C18H21FN2O2. The minimum atomic E-state index is -0.391. The highest BCUT2D eigenvalue weighted by atomic mass is 19.1. The molecule has 0 spiro atoms. The standard InChI is InChI=1S/C18H21FN2O2/c1-12-8-13(2)10-16(9-12)23-7-6-20-18(22)21-15-5-4-14(3)17(19)11-15/h4-5,8-11H,6-7H2,1-3H3,(H2,20,21,22). The van der Waals surface area contributed by atoms with Crippen molar-refractivity contribution in [2.24, 2.45) is 0 Å². The molecule has 2 aromatic carbocycles. The van der Waals surface area contributed by atoms with Crippen LogP contribution in [-0.4, -0.2) is 19.2 Å². The summed E-state index contributed by atoms with van der Waals surface area (Å²) < 4.78 is 19.0. The number of carbonyl (C=O) groups excluding carboxylic acids is 1. The van der Waals surface area contributed by atoms with Gasteiger partial charge in [-0.15, -0.1) is 0 Å². The Kier molecular flexibility index (Phi) is 5.57. The van der Waals surface area contributed by atoms with Crippen molar-refractivity contribution >= 4 is 11.7 Å². The lowest BCUT2D eigenvalue weighted by atomic mass is 10.1. The van der Waals surface area contributed by atoms with E-state index in [0.29, 0.717) is 24.4 Å². The van der Waals surface area contributed by atoms with Crippen LogP contribution in [0.4, 0.5) is 14.9 Å². The van der Waals surface area contributed by atoms with Gasteiger partial charge in [-0.2, -0.15) is 0 Å². The number of rotatable bonds is 5. The molecule has 0 heterocycles. The number of hydrogen-bond donors (Lipinski definition) is 2. The summed E-state index contributed by atoms with van der Waals surface area (Å²) >= 11 is 0. The number of nitrogens with one attached hydrogen (secondary N) is 2. The summed E-state index contributed by atoms with van der Waals surface area (Å²) in [5, 5.41) is 5.25. The first-order chi connectivity index (χ1) is 10.9. The molecule has 0 aromatic heterocycles. The molecule has 2 aromatic rings. The number of benzene rings is 2. The first kappa shape index (κ1) is 16.8. The molecule has 2 rings (SSSR count). The Morgan fingerprint density at radius 2 is 1.78 bits per heavy atom. The van der Waals surface area contributed by atoms with Crippen LogP contribution in [0.3, 0.4) is 0 Å². The maximum Gasteiger partial charge on any atom is 0.319 e. The third-order valence-corrected chi connectivity index (χ3v) is 3.28. The first-order valence-electron chi connectivity index (χ1n) is 7.46. The number of ether oxygens (including phenoxy) is 1. The predicted molar refractivity (Wildman–Crippen MR) is 89.6 cm³/mol. The predicted octanol–water partition coefficient (Wildman–Crippen LogP) is 3.95. The van der Waals surface area contributed by atoms with E-state index in [-0.39, 0.29) is 5.82 Å². The molecule has 23 heavy (non-hydrogen) atoms. The Balaban J connectivity index is 1.75. The molecule has 0 saturated carbocycles. The second-order valence-electron chi connectivity index (χ2n) is 5.52. The van der Waals surface area contributed by atoms with Gasteiger partial charge in [-0.05, 0) is 61.7 Å². The number of hydrogen-bond acceptors (Lipinski definition) is 2. The molecule has 0 aliphatic rings. The van der Waals surface area contributed by atoms with E-state index in [0.717, 1.165) is 16.9 Å². The minimum Gasteiger partial charge on any atom is -0.492 e. The maximum absolute atomic E-state index is 13.4. The zero-order chi connectivity index (χ0) is 16.8. The minimum absolute atomic E-state index is 0.346. The van der Waals surface area contributed by atoms with Gasteiger partial charge in [-0.3, -0.25) is 0 Å². The van der Waals surface area contributed by atoms with Gasteiger partial charge in [-0.1, -0.05) is 12.1 Å². The van der Waals surface area contributed by atoms with Crippen molar-refractivity contribution in [3.63, 3.8) is 0 Å². The van der Waals surface area contributed by atoms with Crippen molar-refractivity contribution in [2.45, 2.75) is 20.8 Å². The Bertz CT molecular complexity index is 681. The van der Waals surface area contributed by atoms with Crippen molar-refractivity contribution in [3.05, 3.63) is 58.9 Å². The number of halogens is 1. The van der Waals surface area contributed by atoms with Crippen LogP contribution < -0.4 is 15.4 Å². The highest BCUT2D eigenvalue weighted by molar-refractivity contribution is 5.89. The van der Waals surface area contributed by atoms with Gasteiger partial charge >= 0.3 is 6.03 Å². The van der Waals surface area contributed by atoms with Crippen LogP contribution in [0, 0.1) is 26.6 Å². The van der Waals surface area contributed by atoms with Gasteiger partial charge in [0.1, 0.15) is 18.2 Å². The van der Waals surface area contributed by atoms with Crippen molar-refractivity contribution in [3.8, 4) is 5.75 Å². The van der Waals surface area contributed by atoms with Crippen LogP contribution in [0.15, 0.2) is 36.4 Å². The number of carbonyl (C=O) groups is 1. The summed E-state index contributed by atoms with van der Waals surface area (Å²) in [6.07, 6.45) is 0. The van der Waals surface area contributed by atoms with E-state index >= 15 is 0 Å². The smallest absolute Gasteiger partial charge is 0.319 e. The third-order valence-electron chi connectivity index (χ3n) is 3.28. The lowest BCUT2D eigenvalue weighted by Gasteiger charge is -2.10. The molecule has 0 atom stereocenters. The molecule has 0 aliphatic heterocycles. The first-order valence-corrected chi connectivity index (χ1v) is 7.46. The van der Waals surface area contributed by atoms with Crippen molar-refractivity contribution in [1.29, 1.82) is 0 Å². The molecule has 2 amide bonds. The molecule has 122 valence electrons. The van der Waals surface area contributed by atoms with Gasteiger partial charge in [0.15, 0.2) is 0 Å². The highest BCUT2D eigenvalue weighted by Crippen LogP contribution is 2.16. The lowest BCUT2D eigenvalue weighted by Crippen LogP contribution is -2.32. The monoisotopic (exact) mass is 316 g/mol. The molecule has 0 unspecified atom stereocenters. The van der Waals surface area contributed by atoms with Gasteiger partial charge in [0.25, 0.3) is 0 Å². The molecule has 0 bridgehead atoms. The molecule has 5 heteroatoms. The summed E-state index contributed by atoms with van der Waals surface area (Å²) in [5.74, 6) is 0.436. The van der Waals surface area contributed by atoms with E-state index in [1.54, 1.807) is 19.1 Å². The largest absolute Gasteiger partial charge is 0.492 e. The average Bonchev–Trinajstić information content (AvgIpc) is 2.46. The third kappa shape index (κ3) is 5.29. The second kappa shape index (κ2) is 7.63. The highest BCUT2D eigenvalue weighted by Gasteiger charge is 2.04. The molecule has 4 nitrogen and oxygen atoms in total. The van der Waals surface area contributed by atoms with E-state index in [2.05, 4.69) is 16.7 Å². The van der Waals surface area contributed by atoms with Gasteiger partial charge in [0.05, 0.1) is 6.54 Å². The molecule has 0 radical (unpaired) electrons. The zero-order valence-electron chi connectivity index (χ0n) is 13.6. The topological polar surface area (TPSA) is 50.4 Å². The van der Waals surface area contributed by atoms with E-state index in [1.807, 2.05) is 26.0 Å². The fourth-order valence-corrected chi connectivity index (χ4v) is 2.20. The fraction of sp³-hybridized carbons (Fsp3) is 0.278. The van der Waals surface area contributed by atoms with Crippen molar-refractivity contribution in [2.75, 3.05) is 18.5 Å². The van der Waals surface area contributed by atoms with Gasteiger partial charge < -0.3 is 15.4 Å². The molecule has 2 N–H and O–H groups in total. The van der Waals surface area contributed by atoms with Crippen LogP contribution >= 0.6 is 0 Å². The quantitative estimate of drug-likeness (QED) is 0.821. The van der Waals surface area contributed by atoms with Crippen LogP contribution in [0.1, 0.15) is 16.7 Å². The Labute approximate surface area is 135 Å². The van der Waals surface area contributed by atoms with Crippen LogP contribution in [0.5, 0.6) is 5.75 Å². The average molecular weight is 316 g/mol. The number of amides is 2. The SMILES string of the molecule is Cc1cc(C)cc(OCCNC(=O)Nc2ccc(C)c(F)c2)c1. The Hall–Kier alpha value is -2.56. The molecular weight excluding hydrogens is 295 g/mol. The van der Waals surface area contributed by atoms with Crippen LogP contribution in [0.25, 0.3) is 0 Å². The van der Waals surface area contributed by atoms with E-state index in [4.69, 9.17) is 4.74 Å². The maximum atomic E-state index is 13.4. The van der Waals surface area contributed by atoms with E-state index in [9.17, 15) is 9.18 Å². The van der Waals surface area contributed by atoms with Crippen molar-refractivity contribution < 1.29 is 13.9 Å². The summed E-state index contributed by atoms with van der Waals surface area (Å²) in [4.78, 5) is 11.7. The molecule has 0 saturated heterocycles. The summed E-state index contributed by atoms with van der Waals surface area (Å²) in [6.45, 7) is 6.40. The van der Waals surface area contributed by atoms with Gasteiger partial charge in [0, 0.05) is 5.69 Å². The number of aryl methyl sites for hydroxylation is 3. The fourth-order valence-electron chi connectivity index (χ4n) is 2.20. The molecule has 0 aliphatic carbocycles. The second-order valence-corrected chi connectivity index (χ2v) is 5.52. The normalized spacial score (nSPS) is 10.3. The van der Waals surface area contributed by atoms with Crippen LogP contribution in [0.2, 0.25) is 0 Å². The molecule has 0 fully saturated rings. The van der Waals surface area contributed by atoms with E-state index in [1.165, 1.54) is 6.07 Å². The Morgan fingerprint density at radius 3 is 2.43 bits per heavy atom. The zero-order valence-corrected chi connectivity index (χ0v) is 13.6. The number of anilines is 1. The lowest BCUT2D eigenvalue weighted by molar-refractivity contribution is 0.247. The van der Waals surface area contributed by atoms with Crippen molar-refractivity contribution in [1.82, 2.24) is 5.32 Å².